The molecule has 1 aliphatic carbocycles. The van der Waals surface area contributed by atoms with Crippen LogP contribution in [0.4, 0.5) is 0 Å². The number of H-pyrrole nitrogens is 1. The van der Waals surface area contributed by atoms with Gasteiger partial charge in [0.15, 0.2) is 0 Å². The van der Waals surface area contributed by atoms with Gasteiger partial charge in [0.1, 0.15) is 5.82 Å². The van der Waals surface area contributed by atoms with E-state index in [-0.39, 0.29) is 5.91 Å². The first kappa shape index (κ1) is 14.0. The Bertz CT molecular complexity index is 421. The summed E-state index contributed by atoms with van der Waals surface area (Å²) in [5, 5.41) is 6.98. The van der Waals surface area contributed by atoms with E-state index in [9.17, 15) is 4.79 Å². The number of carbonyl (C=O) groups excluding carboxylic acids is 1. The van der Waals surface area contributed by atoms with Gasteiger partial charge in [-0.1, -0.05) is 26.7 Å². The Kier molecular flexibility index (Phi) is 4.56. The van der Waals surface area contributed by atoms with Gasteiger partial charge in [-0.15, -0.1) is 5.10 Å². The van der Waals surface area contributed by atoms with E-state index in [0.29, 0.717) is 24.2 Å². The van der Waals surface area contributed by atoms with Crippen LogP contribution in [0, 0.1) is 5.92 Å². The summed E-state index contributed by atoms with van der Waals surface area (Å²) in [6.45, 7) is 7.86. The minimum Gasteiger partial charge on any atom is -0.336 e. The highest BCUT2D eigenvalue weighted by Gasteiger charge is 2.29. The fourth-order valence-corrected chi connectivity index (χ4v) is 2.26. The molecule has 5 heteroatoms. The molecule has 2 rings (SSSR count). The van der Waals surface area contributed by atoms with Crippen LogP contribution in [0.15, 0.2) is 0 Å². The summed E-state index contributed by atoms with van der Waals surface area (Å²) in [7, 11) is 0. The van der Waals surface area contributed by atoms with Crippen molar-refractivity contribution in [3.8, 4) is 0 Å². The first-order valence-electron chi connectivity index (χ1n) is 7.41. The first-order valence-corrected chi connectivity index (χ1v) is 7.41. The third kappa shape index (κ3) is 3.33. The quantitative estimate of drug-likeness (QED) is 0.823. The van der Waals surface area contributed by atoms with Gasteiger partial charge >= 0.3 is 0 Å². The molecule has 5 nitrogen and oxygen atoms in total. The summed E-state index contributed by atoms with van der Waals surface area (Å²) in [5.74, 6) is 2.23. The van der Waals surface area contributed by atoms with E-state index >= 15 is 0 Å². The molecule has 1 amide bonds. The molecule has 0 spiro atoms. The molecular weight excluding hydrogens is 240 g/mol. The summed E-state index contributed by atoms with van der Waals surface area (Å²) in [5.41, 5.74) is 0. The van der Waals surface area contributed by atoms with E-state index in [0.717, 1.165) is 38.1 Å². The molecule has 0 saturated heterocycles. The lowest BCUT2D eigenvalue weighted by atomic mass is 10.0. The maximum atomic E-state index is 12.4. The molecule has 0 bridgehead atoms. The van der Waals surface area contributed by atoms with Crippen molar-refractivity contribution in [3.05, 3.63) is 11.6 Å². The molecule has 1 heterocycles. The summed E-state index contributed by atoms with van der Waals surface area (Å²) >= 11 is 0. The van der Waals surface area contributed by atoms with Gasteiger partial charge in [0.05, 0.1) is 0 Å². The number of aromatic amines is 1. The van der Waals surface area contributed by atoms with Gasteiger partial charge in [0.25, 0.3) is 5.91 Å². The topological polar surface area (TPSA) is 61.9 Å². The van der Waals surface area contributed by atoms with E-state index in [2.05, 4.69) is 29.0 Å². The van der Waals surface area contributed by atoms with Crippen LogP contribution in [0.1, 0.15) is 68.8 Å². The van der Waals surface area contributed by atoms with Gasteiger partial charge in [0.2, 0.25) is 5.82 Å². The van der Waals surface area contributed by atoms with Crippen molar-refractivity contribution < 1.29 is 4.79 Å². The zero-order valence-corrected chi connectivity index (χ0v) is 12.1. The van der Waals surface area contributed by atoms with Crippen LogP contribution < -0.4 is 0 Å². The Morgan fingerprint density at radius 3 is 2.58 bits per heavy atom. The molecule has 0 radical (unpaired) electrons. The number of nitrogens with zero attached hydrogens (tertiary/aromatic N) is 3. The van der Waals surface area contributed by atoms with Crippen LogP contribution in [0.3, 0.4) is 0 Å². The fourth-order valence-electron chi connectivity index (χ4n) is 2.26. The number of hydrogen-bond donors (Lipinski definition) is 1. The Morgan fingerprint density at radius 2 is 2.05 bits per heavy atom. The van der Waals surface area contributed by atoms with Crippen molar-refractivity contribution in [1.29, 1.82) is 0 Å². The molecule has 1 fully saturated rings. The third-order valence-electron chi connectivity index (χ3n) is 3.96. The smallest absolute Gasteiger partial charge is 0.293 e. The van der Waals surface area contributed by atoms with E-state index in [1.165, 1.54) is 0 Å². The van der Waals surface area contributed by atoms with Crippen molar-refractivity contribution in [2.75, 3.05) is 13.1 Å². The normalized spacial score (nSPS) is 14.9. The highest BCUT2D eigenvalue weighted by Crippen LogP contribution is 2.37. The van der Waals surface area contributed by atoms with Crippen LogP contribution in [0.5, 0.6) is 0 Å². The average molecular weight is 264 g/mol. The maximum Gasteiger partial charge on any atom is 0.293 e. The average Bonchev–Trinajstić information content (AvgIpc) is 3.17. The van der Waals surface area contributed by atoms with Crippen LogP contribution in [0.2, 0.25) is 0 Å². The van der Waals surface area contributed by atoms with Gasteiger partial charge in [0, 0.05) is 19.0 Å². The Hall–Kier alpha value is -1.39. The zero-order valence-electron chi connectivity index (χ0n) is 12.1. The summed E-state index contributed by atoms with van der Waals surface area (Å²) < 4.78 is 0. The summed E-state index contributed by atoms with van der Waals surface area (Å²) in [6.07, 6.45) is 4.52. The Labute approximate surface area is 114 Å². The largest absolute Gasteiger partial charge is 0.336 e. The molecule has 1 saturated carbocycles. The Morgan fingerprint density at radius 1 is 1.37 bits per heavy atom. The molecule has 106 valence electrons. The molecule has 1 aromatic rings. The predicted octanol–water partition coefficient (Wildman–Crippen LogP) is 2.58. The number of rotatable bonds is 7. The van der Waals surface area contributed by atoms with Gasteiger partial charge < -0.3 is 4.90 Å². The van der Waals surface area contributed by atoms with Gasteiger partial charge in [-0.05, 0) is 25.7 Å². The minimum atomic E-state index is -0.0439. The van der Waals surface area contributed by atoms with Crippen molar-refractivity contribution in [2.45, 2.75) is 52.4 Å². The summed E-state index contributed by atoms with van der Waals surface area (Å²) in [4.78, 5) is 18.6. The molecule has 0 aromatic carbocycles. The summed E-state index contributed by atoms with van der Waals surface area (Å²) in [6, 6.07) is 0. The van der Waals surface area contributed by atoms with Gasteiger partial charge in [-0.2, -0.15) is 0 Å². The number of amides is 1. The van der Waals surface area contributed by atoms with Crippen molar-refractivity contribution in [3.63, 3.8) is 0 Å². The molecule has 0 atom stereocenters. The fraction of sp³-hybridized carbons (Fsp3) is 0.786. The van der Waals surface area contributed by atoms with Gasteiger partial charge in [-0.25, -0.2) is 4.98 Å². The van der Waals surface area contributed by atoms with E-state index in [1.54, 1.807) is 0 Å². The highest BCUT2D eigenvalue weighted by atomic mass is 16.2. The predicted molar refractivity (Wildman–Crippen MR) is 74.0 cm³/mol. The first-order chi connectivity index (χ1) is 9.19. The van der Waals surface area contributed by atoms with Crippen molar-refractivity contribution in [2.24, 2.45) is 5.92 Å². The lowest BCUT2D eigenvalue weighted by Gasteiger charge is -2.24. The highest BCUT2D eigenvalue weighted by molar-refractivity contribution is 5.90. The van der Waals surface area contributed by atoms with Crippen LogP contribution in [0.25, 0.3) is 0 Å². The maximum absolute atomic E-state index is 12.4. The van der Waals surface area contributed by atoms with E-state index in [1.807, 2.05) is 11.8 Å². The number of nitrogens with one attached hydrogen (secondary N) is 1. The zero-order chi connectivity index (χ0) is 13.8. The van der Waals surface area contributed by atoms with E-state index in [4.69, 9.17) is 0 Å². The van der Waals surface area contributed by atoms with Crippen LogP contribution in [-0.2, 0) is 0 Å². The van der Waals surface area contributed by atoms with Gasteiger partial charge in [-0.3, -0.25) is 9.89 Å². The lowest BCUT2D eigenvalue weighted by Crippen LogP contribution is -2.35. The molecule has 0 aliphatic heterocycles. The second-order valence-electron chi connectivity index (χ2n) is 5.34. The van der Waals surface area contributed by atoms with Crippen molar-refractivity contribution >= 4 is 5.91 Å². The Balaban J connectivity index is 2.01. The number of aromatic nitrogens is 3. The minimum absolute atomic E-state index is 0.0439. The lowest BCUT2D eigenvalue weighted by molar-refractivity contribution is 0.0723. The standard InChI is InChI=1S/C14H24N4O/c1-4-10(5-2)9-18(6-3)14(19)13-15-12(16-17-13)11-7-8-11/h10-11H,4-9H2,1-3H3,(H,15,16,17). The molecule has 1 aromatic heterocycles. The monoisotopic (exact) mass is 264 g/mol. The second kappa shape index (κ2) is 6.17. The van der Waals surface area contributed by atoms with Crippen LogP contribution >= 0.6 is 0 Å². The number of carbonyl (C=O) groups is 1. The SMILES string of the molecule is CCC(CC)CN(CC)C(=O)c1n[nH]c(C2CC2)n1. The number of hydrogen-bond acceptors (Lipinski definition) is 3. The van der Waals surface area contributed by atoms with Crippen molar-refractivity contribution in [1.82, 2.24) is 20.1 Å². The molecular formula is C14H24N4O. The van der Waals surface area contributed by atoms with E-state index < -0.39 is 0 Å². The second-order valence-corrected chi connectivity index (χ2v) is 5.34. The molecule has 1 N–H and O–H groups in total. The molecule has 1 aliphatic rings. The molecule has 19 heavy (non-hydrogen) atoms. The molecule has 0 unspecified atom stereocenters. The third-order valence-corrected chi connectivity index (χ3v) is 3.96. The van der Waals surface area contributed by atoms with Crippen LogP contribution in [-0.4, -0.2) is 39.1 Å².